The van der Waals surface area contributed by atoms with Crippen molar-refractivity contribution in [2.75, 3.05) is 6.54 Å². The number of aliphatic carboxylic acids is 1. The summed E-state index contributed by atoms with van der Waals surface area (Å²) in [6.45, 7) is 3.11. The van der Waals surface area contributed by atoms with Gasteiger partial charge < -0.3 is 10.4 Å². The van der Waals surface area contributed by atoms with Crippen LogP contribution in [-0.4, -0.2) is 23.2 Å². The molecule has 0 aliphatic carbocycles. The van der Waals surface area contributed by atoms with E-state index in [1.807, 2.05) is 0 Å². The van der Waals surface area contributed by atoms with Crippen LogP contribution in [0.1, 0.15) is 30.5 Å². The van der Waals surface area contributed by atoms with Crippen LogP contribution in [0.4, 0.5) is 13.2 Å². The Morgan fingerprint density at radius 2 is 2.00 bits per heavy atom. The number of carbonyl (C=O) groups is 1. The highest BCUT2D eigenvalue weighted by atomic mass is 19.4. The Bertz CT molecular complexity index is 575. The Labute approximate surface area is 120 Å². The highest BCUT2D eigenvalue weighted by molar-refractivity contribution is 5.69. The maximum atomic E-state index is 12.9. The topological polar surface area (TPSA) is 73.1 Å². The molecule has 4 nitrogen and oxygen atoms in total. The van der Waals surface area contributed by atoms with Gasteiger partial charge in [0, 0.05) is 5.54 Å². The van der Waals surface area contributed by atoms with Crippen molar-refractivity contribution in [3.8, 4) is 6.07 Å². The largest absolute Gasteiger partial charge is 0.480 e. The third-order valence-electron chi connectivity index (χ3n) is 2.87. The van der Waals surface area contributed by atoms with Gasteiger partial charge in [0.05, 0.1) is 23.7 Å². The van der Waals surface area contributed by atoms with Gasteiger partial charge >= 0.3 is 12.1 Å². The first-order valence-corrected chi connectivity index (χ1v) is 6.12. The molecule has 0 heterocycles. The van der Waals surface area contributed by atoms with E-state index in [0.717, 1.165) is 12.1 Å². The van der Waals surface area contributed by atoms with Crippen molar-refractivity contribution in [1.82, 2.24) is 5.32 Å². The van der Waals surface area contributed by atoms with Crippen LogP contribution in [0.2, 0.25) is 0 Å². The van der Waals surface area contributed by atoms with Crippen molar-refractivity contribution in [1.29, 1.82) is 5.26 Å². The van der Waals surface area contributed by atoms with Gasteiger partial charge in [-0.25, -0.2) is 0 Å². The molecule has 1 rings (SSSR count). The molecule has 0 bridgehead atoms. The first-order valence-electron chi connectivity index (χ1n) is 6.12. The minimum Gasteiger partial charge on any atom is -0.480 e. The van der Waals surface area contributed by atoms with Crippen LogP contribution in [-0.2, 0) is 17.4 Å². The van der Waals surface area contributed by atoms with Crippen LogP contribution in [0.25, 0.3) is 0 Å². The van der Waals surface area contributed by atoms with Gasteiger partial charge in [-0.3, -0.25) is 4.79 Å². The highest BCUT2D eigenvalue weighted by Crippen LogP contribution is 2.33. The van der Waals surface area contributed by atoms with Crippen LogP contribution in [0, 0.1) is 11.3 Å². The Morgan fingerprint density at radius 3 is 2.48 bits per heavy atom. The first-order chi connectivity index (χ1) is 9.55. The van der Waals surface area contributed by atoms with Gasteiger partial charge in [-0.15, -0.1) is 0 Å². The number of carboxylic acid groups (broad SMARTS) is 1. The number of hydrogen-bond donors (Lipinski definition) is 2. The van der Waals surface area contributed by atoms with Gasteiger partial charge in [-0.2, -0.15) is 18.4 Å². The predicted molar refractivity (Wildman–Crippen MR) is 69.6 cm³/mol. The molecule has 0 atom stereocenters. The van der Waals surface area contributed by atoms with Gasteiger partial charge in [0.15, 0.2) is 0 Å². The second-order valence-corrected chi connectivity index (χ2v) is 5.30. The lowest BCUT2D eigenvalue weighted by Gasteiger charge is -2.26. The Morgan fingerprint density at radius 1 is 1.38 bits per heavy atom. The third kappa shape index (κ3) is 5.08. The monoisotopic (exact) mass is 300 g/mol. The number of nitrogens with zero attached hydrogens (tertiary/aromatic N) is 1. The number of rotatable bonds is 5. The fourth-order valence-electron chi connectivity index (χ4n) is 1.92. The SMILES string of the molecule is CC(C)(Cc1ccc(C#N)c(C(F)(F)F)c1)NCC(=O)O. The fraction of sp³-hybridized carbons (Fsp3) is 0.429. The first kappa shape index (κ1) is 17.0. The molecular weight excluding hydrogens is 285 g/mol. The lowest BCUT2D eigenvalue weighted by Crippen LogP contribution is -2.44. The quantitative estimate of drug-likeness (QED) is 0.876. The molecule has 0 saturated carbocycles. The van der Waals surface area contributed by atoms with E-state index in [9.17, 15) is 18.0 Å². The molecule has 1 aromatic carbocycles. The van der Waals surface area contributed by atoms with Crippen LogP contribution < -0.4 is 5.32 Å². The molecule has 0 radical (unpaired) electrons. The van der Waals surface area contributed by atoms with E-state index in [1.54, 1.807) is 13.8 Å². The van der Waals surface area contributed by atoms with E-state index in [-0.39, 0.29) is 13.0 Å². The summed E-state index contributed by atoms with van der Waals surface area (Å²) in [5.74, 6) is -1.04. The molecule has 7 heteroatoms. The predicted octanol–water partition coefficient (Wildman–Crippen LogP) is 2.57. The zero-order valence-electron chi connectivity index (χ0n) is 11.6. The van der Waals surface area contributed by atoms with E-state index in [0.29, 0.717) is 5.56 Å². The average Bonchev–Trinajstić information content (AvgIpc) is 2.35. The Hall–Kier alpha value is -2.07. The molecule has 21 heavy (non-hydrogen) atoms. The van der Waals surface area contributed by atoms with Crippen LogP contribution >= 0.6 is 0 Å². The zero-order chi connectivity index (χ0) is 16.3. The van der Waals surface area contributed by atoms with Crippen molar-refractivity contribution >= 4 is 5.97 Å². The second-order valence-electron chi connectivity index (χ2n) is 5.30. The van der Waals surface area contributed by atoms with Crippen LogP contribution in [0.15, 0.2) is 18.2 Å². The van der Waals surface area contributed by atoms with E-state index in [1.165, 1.54) is 12.1 Å². The van der Waals surface area contributed by atoms with Gasteiger partial charge in [0.1, 0.15) is 0 Å². The lowest BCUT2D eigenvalue weighted by atomic mass is 9.92. The van der Waals surface area contributed by atoms with E-state index in [4.69, 9.17) is 10.4 Å². The summed E-state index contributed by atoms with van der Waals surface area (Å²) < 4.78 is 38.6. The molecular formula is C14H15F3N2O2. The minimum absolute atomic E-state index is 0.203. The number of nitriles is 1. The summed E-state index contributed by atoms with van der Waals surface area (Å²) in [6.07, 6.45) is -4.39. The molecule has 0 aromatic heterocycles. The maximum absolute atomic E-state index is 12.9. The zero-order valence-corrected chi connectivity index (χ0v) is 11.6. The highest BCUT2D eigenvalue weighted by Gasteiger charge is 2.34. The van der Waals surface area contributed by atoms with Gasteiger partial charge in [-0.1, -0.05) is 6.07 Å². The maximum Gasteiger partial charge on any atom is 0.417 e. The van der Waals surface area contributed by atoms with Crippen LogP contribution in [0.3, 0.4) is 0 Å². The van der Waals surface area contributed by atoms with E-state index >= 15 is 0 Å². The minimum atomic E-state index is -4.60. The molecule has 114 valence electrons. The molecule has 0 unspecified atom stereocenters. The average molecular weight is 300 g/mol. The Kier molecular flexibility index (Phi) is 4.97. The summed E-state index contributed by atoms with van der Waals surface area (Å²) in [5, 5.41) is 20.1. The lowest BCUT2D eigenvalue weighted by molar-refractivity contribution is -0.138. The molecule has 0 saturated heterocycles. The van der Waals surface area contributed by atoms with Crippen LogP contribution in [0.5, 0.6) is 0 Å². The molecule has 0 aliphatic heterocycles. The smallest absolute Gasteiger partial charge is 0.417 e. The summed E-state index contributed by atoms with van der Waals surface area (Å²) in [6, 6.07) is 5.03. The summed E-state index contributed by atoms with van der Waals surface area (Å²) >= 11 is 0. The molecule has 0 spiro atoms. The van der Waals surface area contributed by atoms with Crippen molar-refractivity contribution in [2.24, 2.45) is 0 Å². The summed E-state index contributed by atoms with van der Waals surface area (Å²) in [7, 11) is 0. The second kappa shape index (κ2) is 6.14. The number of nitrogens with one attached hydrogen (secondary N) is 1. The molecule has 0 aliphatic rings. The molecule has 0 amide bonds. The normalized spacial score (nSPS) is 12.0. The van der Waals surface area contributed by atoms with Gasteiger partial charge in [0.2, 0.25) is 0 Å². The number of benzene rings is 1. The number of hydrogen-bond acceptors (Lipinski definition) is 3. The van der Waals surface area contributed by atoms with Crippen molar-refractivity contribution in [3.05, 3.63) is 34.9 Å². The summed E-state index contributed by atoms with van der Waals surface area (Å²) in [5.41, 5.74) is -1.71. The van der Waals surface area contributed by atoms with Crippen molar-refractivity contribution in [2.45, 2.75) is 32.0 Å². The molecule has 1 aromatic rings. The molecule has 2 N–H and O–H groups in total. The van der Waals surface area contributed by atoms with Crippen molar-refractivity contribution < 1.29 is 23.1 Å². The molecule has 0 fully saturated rings. The number of halogens is 3. The standard InChI is InChI=1S/C14H15F3N2O2/c1-13(2,19-8-12(20)21)6-9-3-4-10(7-18)11(5-9)14(15,16)17/h3-5,19H,6,8H2,1-2H3,(H,20,21). The Balaban J connectivity index is 3.00. The number of carboxylic acids is 1. The van der Waals surface area contributed by atoms with Gasteiger partial charge in [0.25, 0.3) is 0 Å². The van der Waals surface area contributed by atoms with E-state index < -0.39 is 28.8 Å². The van der Waals surface area contributed by atoms with E-state index in [2.05, 4.69) is 5.32 Å². The van der Waals surface area contributed by atoms with Crippen molar-refractivity contribution in [3.63, 3.8) is 0 Å². The fourth-order valence-corrected chi connectivity index (χ4v) is 1.92. The third-order valence-corrected chi connectivity index (χ3v) is 2.87. The van der Waals surface area contributed by atoms with Gasteiger partial charge in [-0.05, 0) is 38.0 Å². The summed E-state index contributed by atoms with van der Waals surface area (Å²) in [4.78, 5) is 10.5. The number of alkyl halides is 3.